The second-order valence-corrected chi connectivity index (χ2v) is 6.16. The number of rotatable bonds is 4. The van der Waals surface area contributed by atoms with Gasteiger partial charge in [0.05, 0.1) is 5.69 Å². The quantitative estimate of drug-likeness (QED) is 0.802. The molecule has 0 radical (unpaired) electrons. The molecule has 110 valence electrons. The second kappa shape index (κ2) is 5.54. The van der Waals surface area contributed by atoms with Gasteiger partial charge in [0.1, 0.15) is 10.5 Å². The van der Waals surface area contributed by atoms with Crippen molar-refractivity contribution in [3.05, 3.63) is 35.5 Å². The number of nitrogens with zero attached hydrogens (tertiary/aromatic N) is 3. The molecule has 1 aromatic carbocycles. The molecule has 0 bridgehead atoms. The number of oxazole rings is 1. The van der Waals surface area contributed by atoms with Crippen molar-refractivity contribution in [1.82, 2.24) is 14.8 Å². The van der Waals surface area contributed by atoms with Crippen molar-refractivity contribution in [2.45, 2.75) is 36.6 Å². The molecule has 0 spiro atoms. The van der Waals surface area contributed by atoms with Crippen LogP contribution in [0.2, 0.25) is 0 Å². The van der Waals surface area contributed by atoms with E-state index in [0.717, 1.165) is 28.2 Å². The van der Waals surface area contributed by atoms with Crippen LogP contribution in [0.1, 0.15) is 18.2 Å². The third kappa shape index (κ3) is 2.82. The lowest BCUT2D eigenvalue weighted by molar-refractivity contribution is 0.488. The number of nitrogens with two attached hydrogens (primary N) is 1. The molecule has 0 aliphatic heterocycles. The molecule has 3 aromatic rings. The fourth-order valence-electron chi connectivity index (χ4n) is 2.34. The van der Waals surface area contributed by atoms with Crippen LogP contribution in [0.5, 0.6) is 0 Å². The summed E-state index contributed by atoms with van der Waals surface area (Å²) in [5, 5.41) is 6.15. The van der Waals surface area contributed by atoms with E-state index in [9.17, 15) is 0 Å². The minimum Gasteiger partial charge on any atom is -0.431 e. The predicted octanol–water partition coefficient (Wildman–Crippen LogP) is 2.91. The summed E-state index contributed by atoms with van der Waals surface area (Å²) >= 11 is 1.50. The second-order valence-electron chi connectivity index (χ2n) is 5.22. The van der Waals surface area contributed by atoms with Crippen LogP contribution in [0.25, 0.3) is 11.1 Å². The summed E-state index contributed by atoms with van der Waals surface area (Å²) in [4.78, 5) is 4.50. The molecule has 2 heterocycles. The van der Waals surface area contributed by atoms with Crippen LogP contribution in [0.15, 0.2) is 38.9 Å². The highest BCUT2D eigenvalue weighted by Crippen LogP contribution is 2.33. The summed E-state index contributed by atoms with van der Waals surface area (Å²) in [5.74, 6) is 0. The number of para-hydroxylation sites is 2. The number of benzene rings is 1. The minimum absolute atomic E-state index is 0.0934. The largest absolute Gasteiger partial charge is 0.431 e. The molecule has 0 saturated carbocycles. The lowest BCUT2D eigenvalue weighted by Gasteiger charge is -2.06. The van der Waals surface area contributed by atoms with Gasteiger partial charge in [0.15, 0.2) is 5.58 Å². The van der Waals surface area contributed by atoms with E-state index < -0.39 is 0 Å². The van der Waals surface area contributed by atoms with E-state index in [0.29, 0.717) is 5.22 Å². The molecule has 21 heavy (non-hydrogen) atoms. The average molecular weight is 302 g/mol. The zero-order chi connectivity index (χ0) is 15.0. The van der Waals surface area contributed by atoms with E-state index in [4.69, 9.17) is 10.2 Å². The van der Waals surface area contributed by atoms with Gasteiger partial charge in [0.2, 0.25) is 0 Å². The molecule has 2 N–H and O–H groups in total. The molecular formula is C15H18N4OS. The molecule has 0 amide bonds. The van der Waals surface area contributed by atoms with E-state index in [1.54, 1.807) is 0 Å². The van der Waals surface area contributed by atoms with Gasteiger partial charge in [-0.2, -0.15) is 5.10 Å². The van der Waals surface area contributed by atoms with Crippen molar-refractivity contribution in [2.24, 2.45) is 12.8 Å². The van der Waals surface area contributed by atoms with Crippen LogP contribution in [0.3, 0.4) is 0 Å². The van der Waals surface area contributed by atoms with Crippen LogP contribution in [0.4, 0.5) is 0 Å². The molecular weight excluding hydrogens is 284 g/mol. The van der Waals surface area contributed by atoms with Gasteiger partial charge in [-0.1, -0.05) is 12.1 Å². The summed E-state index contributed by atoms with van der Waals surface area (Å²) in [6.45, 7) is 4.01. The standard InChI is InChI=1S/C15H18N4OS/c1-9(16)8-11-10(2)18-19(3)14(11)21-15-17-12-6-4-5-7-13(12)20-15/h4-7,9H,8,16H2,1-3H3. The van der Waals surface area contributed by atoms with Gasteiger partial charge in [-0.25, -0.2) is 4.98 Å². The molecule has 1 unspecified atom stereocenters. The predicted molar refractivity (Wildman–Crippen MR) is 83.4 cm³/mol. The smallest absolute Gasteiger partial charge is 0.263 e. The Morgan fingerprint density at radius 2 is 2.14 bits per heavy atom. The van der Waals surface area contributed by atoms with Crippen LogP contribution in [-0.2, 0) is 13.5 Å². The highest BCUT2D eigenvalue weighted by molar-refractivity contribution is 7.99. The maximum absolute atomic E-state index is 5.94. The molecule has 0 aliphatic carbocycles. The molecule has 5 nitrogen and oxygen atoms in total. The lowest BCUT2D eigenvalue weighted by atomic mass is 10.1. The number of fused-ring (bicyclic) bond motifs is 1. The van der Waals surface area contributed by atoms with Crippen LogP contribution in [0, 0.1) is 6.92 Å². The highest BCUT2D eigenvalue weighted by Gasteiger charge is 2.18. The van der Waals surface area contributed by atoms with E-state index in [-0.39, 0.29) is 6.04 Å². The van der Waals surface area contributed by atoms with Gasteiger partial charge >= 0.3 is 0 Å². The molecule has 2 aromatic heterocycles. The Labute approximate surface area is 127 Å². The van der Waals surface area contributed by atoms with Gasteiger partial charge in [0.25, 0.3) is 5.22 Å². The SMILES string of the molecule is Cc1nn(C)c(Sc2nc3ccccc3o2)c1CC(C)N. The monoisotopic (exact) mass is 302 g/mol. The van der Waals surface area contributed by atoms with Crippen molar-refractivity contribution >= 4 is 22.9 Å². The zero-order valence-electron chi connectivity index (χ0n) is 12.3. The molecule has 1 atom stereocenters. The maximum Gasteiger partial charge on any atom is 0.263 e. The van der Waals surface area contributed by atoms with Gasteiger partial charge in [-0.05, 0) is 44.2 Å². The summed E-state index contributed by atoms with van der Waals surface area (Å²) in [6.07, 6.45) is 0.794. The Kier molecular flexibility index (Phi) is 3.73. The maximum atomic E-state index is 5.94. The summed E-state index contributed by atoms with van der Waals surface area (Å²) in [5.41, 5.74) is 9.78. The Morgan fingerprint density at radius 3 is 2.86 bits per heavy atom. The van der Waals surface area contributed by atoms with Gasteiger partial charge < -0.3 is 10.2 Å². The molecule has 0 fully saturated rings. The van der Waals surface area contributed by atoms with Gasteiger partial charge in [0, 0.05) is 18.7 Å². The lowest BCUT2D eigenvalue weighted by Crippen LogP contribution is -2.18. The average Bonchev–Trinajstić information content (AvgIpc) is 2.94. The highest BCUT2D eigenvalue weighted by atomic mass is 32.2. The molecule has 0 saturated heterocycles. The van der Waals surface area contributed by atoms with E-state index in [1.807, 2.05) is 49.8 Å². The number of aryl methyl sites for hydroxylation is 2. The zero-order valence-corrected chi connectivity index (χ0v) is 13.1. The summed E-state index contributed by atoms with van der Waals surface area (Å²) in [7, 11) is 1.93. The third-order valence-corrected chi connectivity index (χ3v) is 4.33. The van der Waals surface area contributed by atoms with Crippen molar-refractivity contribution < 1.29 is 4.42 Å². The number of hydrogen-bond acceptors (Lipinski definition) is 5. The summed E-state index contributed by atoms with van der Waals surface area (Å²) in [6, 6.07) is 7.85. The fraction of sp³-hybridized carbons (Fsp3) is 0.333. The van der Waals surface area contributed by atoms with Crippen molar-refractivity contribution in [3.63, 3.8) is 0 Å². The first-order valence-electron chi connectivity index (χ1n) is 6.86. The molecule has 3 rings (SSSR count). The Bertz CT molecular complexity index is 742. The number of aromatic nitrogens is 3. The summed E-state index contributed by atoms with van der Waals surface area (Å²) < 4.78 is 7.64. The molecule has 0 aliphatic rings. The first kappa shape index (κ1) is 14.2. The van der Waals surface area contributed by atoms with E-state index in [1.165, 1.54) is 17.3 Å². The minimum atomic E-state index is 0.0934. The van der Waals surface area contributed by atoms with Crippen molar-refractivity contribution in [2.75, 3.05) is 0 Å². The van der Waals surface area contributed by atoms with Gasteiger partial charge in [-0.15, -0.1) is 0 Å². The van der Waals surface area contributed by atoms with Crippen LogP contribution < -0.4 is 5.73 Å². The fourth-order valence-corrected chi connectivity index (χ4v) is 3.31. The van der Waals surface area contributed by atoms with Crippen molar-refractivity contribution in [3.8, 4) is 0 Å². The van der Waals surface area contributed by atoms with Crippen LogP contribution >= 0.6 is 11.8 Å². The van der Waals surface area contributed by atoms with Crippen LogP contribution in [-0.4, -0.2) is 20.8 Å². The topological polar surface area (TPSA) is 69.9 Å². The first-order chi connectivity index (χ1) is 10.0. The normalized spacial score (nSPS) is 13.0. The first-order valence-corrected chi connectivity index (χ1v) is 7.67. The van der Waals surface area contributed by atoms with E-state index in [2.05, 4.69) is 10.1 Å². The Morgan fingerprint density at radius 1 is 1.38 bits per heavy atom. The van der Waals surface area contributed by atoms with Crippen molar-refractivity contribution in [1.29, 1.82) is 0 Å². The molecule has 6 heteroatoms. The number of hydrogen-bond donors (Lipinski definition) is 1. The Balaban J connectivity index is 1.97. The third-order valence-electron chi connectivity index (χ3n) is 3.27. The van der Waals surface area contributed by atoms with Gasteiger partial charge in [-0.3, -0.25) is 4.68 Å². The van der Waals surface area contributed by atoms with E-state index >= 15 is 0 Å². The Hall–Kier alpha value is -1.79.